The fourth-order valence-electron chi connectivity index (χ4n) is 3.41. The highest BCUT2D eigenvalue weighted by atomic mass is 32.2. The monoisotopic (exact) mass is 448 g/mol. The van der Waals surface area contributed by atoms with Gasteiger partial charge in [-0.05, 0) is 46.7 Å². The second kappa shape index (κ2) is 9.20. The van der Waals surface area contributed by atoms with E-state index in [0.717, 1.165) is 26.7 Å². The average Bonchev–Trinajstić information content (AvgIpc) is 2.82. The van der Waals surface area contributed by atoms with Crippen LogP contribution in [0.5, 0.6) is 0 Å². The SMILES string of the molecule is O=C(CN(c1ccccc1F)S(=O)(=O)c1ccccc1)NCc1ccc2ccccc2c1. The molecule has 5 nitrogen and oxygen atoms in total. The number of carbonyl (C=O) groups is 1. The number of benzene rings is 4. The lowest BCUT2D eigenvalue weighted by atomic mass is 10.1. The van der Waals surface area contributed by atoms with Gasteiger partial charge in [0.2, 0.25) is 5.91 Å². The molecule has 0 unspecified atom stereocenters. The van der Waals surface area contributed by atoms with Gasteiger partial charge in [-0.2, -0.15) is 0 Å². The Kier molecular flexibility index (Phi) is 6.18. The number of hydrogen-bond donors (Lipinski definition) is 1. The van der Waals surface area contributed by atoms with Crippen molar-refractivity contribution in [1.29, 1.82) is 0 Å². The maximum Gasteiger partial charge on any atom is 0.264 e. The maximum atomic E-state index is 14.5. The number of para-hydroxylation sites is 1. The summed E-state index contributed by atoms with van der Waals surface area (Å²) in [7, 11) is -4.15. The lowest BCUT2D eigenvalue weighted by Gasteiger charge is -2.24. The van der Waals surface area contributed by atoms with Gasteiger partial charge in [0.1, 0.15) is 12.4 Å². The molecule has 4 aromatic rings. The first-order chi connectivity index (χ1) is 15.4. The highest BCUT2D eigenvalue weighted by molar-refractivity contribution is 7.92. The molecule has 0 aliphatic carbocycles. The van der Waals surface area contributed by atoms with Crippen LogP contribution in [-0.4, -0.2) is 20.9 Å². The Morgan fingerprint density at radius 3 is 2.22 bits per heavy atom. The van der Waals surface area contributed by atoms with E-state index < -0.39 is 28.3 Å². The molecule has 1 N–H and O–H groups in total. The van der Waals surface area contributed by atoms with Crippen molar-refractivity contribution in [3.8, 4) is 0 Å². The second-order valence-corrected chi connectivity index (χ2v) is 9.10. The Hall–Kier alpha value is -3.71. The number of anilines is 1. The summed E-state index contributed by atoms with van der Waals surface area (Å²) < 4.78 is 41.7. The van der Waals surface area contributed by atoms with E-state index in [9.17, 15) is 17.6 Å². The first-order valence-electron chi connectivity index (χ1n) is 10.0. The van der Waals surface area contributed by atoms with E-state index in [4.69, 9.17) is 0 Å². The van der Waals surface area contributed by atoms with Crippen molar-refractivity contribution in [3.05, 3.63) is 108 Å². The fourth-order valence-corrected chi connectivity index (χ4v) is 4.86. The van der Waals surface area contributed by atoms with Crippen LogP contribution in [0.25, 0.3) is 10.8 Å². The lowest BCUT2D eigenvalue weighted by Crippen LogP contribution is -2.41. The number of rotatable bonds is 7. The Morgan fingerprint density at radius 2 is 1.47 bits per heavy atom. The molecule has 0 spiro atoms. The zero-order chi connectivity index (χ0) is 22.6. The van der Waals surface area contributed by atoms with Gasteiger partial charge in [-0.15, -0.1) is 0 Å². The molecule has 4 rings (SSSR count). The third-order valence-corrected chi connectivity index (χ3v) is 6.82. The molecule has 0 bridgehead atoms. The van der Waals surface area contributed by atoms with Gasteiger partial charge in [0.25, 0.3) is 10.0 Å². The van der Waals surface area contributed by atoms with E-state index in [1.807, 2.05) is 42.5 Å². The normalized spacial score (nSPS) is 11.3. The van der Waals surface area contributed by atoms with Crippen LogP contribution in [0, 0.1) is 5.82 Å². The zero-order valence-electron chi connectivity index (χ0n) is 17.1. The van der Waals surface area contributed by atoms with Gasteiger partial charge in [0.15, 0.2) is 0 Å². The molecule has 4 aromatic carbocycles. The van der Waals surface area contributed by atoms with Crippen LogP contribution in [0.15, 0.2) is 102 Å². The Labute approximate surface area is 186 Å². The van der Waals surface area contributed by atoms with Gasteiger partial charge >= 0.3 is 0 Å². The highest BCUT2D eigenvalue weighted by Crippen LogP contribution is 2.26. The van der Waals surface area contributed by atoms with Gasteiger partial charge in [0, 0.05) is 6.54 Å². The topological polar surface area (TPSA) is 66.5 Å². The molecular formula is C25H21FN2O3S. The van der Waals surface area contributed by atoms with Gasteiger partial charge in [-0.25, -0.2) is 12.8 Å². The van der Waals surface area contributed by atoms with E-state index >= 15 is 0 Å². The minimum atomic E-state index is -4.15. The molecule has 1 amide bonds. The molecule has 0 aliphatic rings. The molecule has 0 radical (unpaired) electrons. The smallest absolute Gasteiger partial charge is 0.264 e. The van der Waals surface area contributed by atoms with Gasteiger partial charge in [-0.3, -0.25) is 9.10 Å². The molecule has 0 aromatic heterocycles. The van der Waals surface area contributed by atoms with E-state index in [2.05, 4.69) is 5.32 Å². The molecule has 32 heavy (non-hydrogen) atoms. The third kappa shape index (κ3) is 4.63. The molecule has 0 atom stereocenters. The number of halogens is 1. The van der Waals surface area contributed by atoms with Gasteiger partial charge in [0.05, 0.1) is 10.6 Å². The van der Waals surface area contributed by atoms with E-state index in [-0.39, 0.29) is 17.1 Å². The Morgan fingerprint density at radius 1 is 0.812 bits per heavy atom. The molecular weight excluding hydrogens is 427 g/mol. The van der Waals surface area contributed by atoms with E-state index in [1.165, 1.54) is 30.3 Å². The van der Waals surface area contributed by atoms with Crippen LogP contribution in [0.4, 0.5) is 10.1 Å². The summed E-state index contributed by atoms with van der Waals surface area (Å²) in [5, 5.41) is 4.87. The third-order valence-electron chi connectivity index (χ3n) is 5.04. The predicted molar refractivity (Wildman–Crippen MR) is 123 cm³/mol. The van der Waals surface area contributed by atoms with Crippen LogP contribution in [0.2, 0.25) is 0 Å². The first-order valence-corrected chi connectivity index (χ1v) is 11.5. The van der Waals surface area contributed by atoms with E-state index in [0.29, 0.717) is 0 Å². The summed E-state index contributed by atoms with van der Waals surface area (Å²) in [4.78, 5) is 12.7. The van der Waals surface area contributed by atoms with Crippen molar-refractivity contribution >= 4 is 32.4 Å². The maximum absolute atomic E-state index is 14.5. The van der Waals surface area contributed by atoms with Crippen LogP contribution >= 0.6 is 0 Å². The van der Waals surface area contributed by atoms with Crippen LogP contribution in [0.1, 0.15) is 5.56 Å². The Balaban J connectivity index is 1.56. The predicted octanol–water partition coefficient (Wildman–Crippen LogP) is 4.49. The summed E-state index contributed by atoms with van der Waals surface area (Å²) in [6.45, 7) is -0.327. The molecule has 0 saturated heterocycles. The molecule has 0 saturated carbocycles. The van der Waals surface area contributed by atoms with Crippen molar-refractivity contribution in [2.24, 2.45) is 0 Å². The van der Waals surface area contributed by atoms with Gasteiger partial charge < -0.3 is 5.32 Å². The van der Waals surface area contributed by atoms with Crippen molar-refractivity contribution in [1.82, 2.24) is 5.32 Å². The average molecular weight is 449 g/mol. The summed E-state index contributed by atoms with van der Waals surface area (Å²) in [6.07, 6.45) is 0. The number of carbonyl (C=O) groups excluding carboxylic acids is 1. The largest absolute Gasteiger partial charge is 0.350 e. The molecule has 162 valence electrons. The van der Waals surface area contributed by atoms with Crippen molar-refractivity contribution in [2.75, 3.05) is 10.8 Å². The molecule has 7 heteroatoms. The lowest BCUT2D eigenvalue weighted by molar-refractivity contribution is -0.119. The second-order valence-electron chi connectivity index (χ2n) is 7.23. The van der Waals surface area contributed by atoms with E-state index in [1.54, 1.807) is 18.2 Å². The number of sulfonamides is 1. The number of amides is 1. The van der Waals surface area contributed by atoms with Crippen LogP contribution < -0.4 is 9.62 Å². The number of fused-ring (bicyclic) bond motifs is 1. The Bertz CT molecular complexity index is 1360. The molecule has 0 heterocycles. The quantitative estimate of drug-likeness (QED) is 0.453. The zero-order valence-corrected chi connectivity index (χ0v) is 17.9. The summed E-state index contributed by atoms with van der Waals surface area (Å²) in [5.41, 5.74) is 0.692. The standard InChI is InChI=1S/C25H21FN2O3S/c26-23-12-6-7-13-24(23)28(32(30,31)22-10-2-1-3-11-22)18-25(29)27-17-19-14-15-20-8-4-5-9-21(20)16-19/h1-16H,17-18H2,(H,27,29). The number of nitrogens with zero attached hydrogens (tertiary/aromatic N) is 1. The minimum absolute atomic E-state index is 0.0226. The minimum Gasteiger partial charge on any atom is -0.350 e. The van der Waals surface area contributed by atoms with Gasteiger partial charge in [-0.1, -0.05) is 66.7 Å². The highest BCUT2D eigenvalue weighted by Gasteiger charge is 2.28. The first kappa shape index (κ1) is 21.5. The number of hydrogen-bond acceptors (Lipinski definition) is 3. The van der Waals surface area contributed by atoms with Crippen LogP contribution in [-0.2, 0) is 21.4 Å². The summed E-state index contributed by atoms with van der Waals surface area (Å²) in [6, 6.07) is 26.8. The summed E-state index contributed by atoms with van der Waals surface area (Å²) >= 11 is 0. The molecule has 0 aliphatic heterocycles. The summed E-state index contributed by atoms with van der Waals surface area (Å²) in [5.74, 6) is -1.27. The van der Waals surface area contributed by atoms with Crippen molar-refractivity contribution in [3.63, 3.8) is 0 Å². The molecule has 0 fully saturated rings. The fraction of sp³-hybridized carbons (Fsp3) is 0.0800. The van der Waals surface area contributed by atoms with Crippen LogP contribution in [0.3, 0.4) is 0 Å². The van der Waals surface area contributed by atoms with Crippen molar-refractivity contribution in [2.45, 2.75) is 11.4 Å². The number of nitrogens with one attached hydrogen (secondary N) is 1. The van der Waals surface area contributed by atoms with Crippen molar-refractivity contribution < 1.29 is 17.6 Å².